The predicted octanol–water partition coefficient (Wildman–Crippen LogP) is 1.38. The third-order valence-corrected chi connectivity index (χ3v) is 2.78. The van der Waals surface area contributed by atoms with Gasteiger partial charge in [-0.2, -0.15) is 0 Å². The van der Waals surface area contributed by atoms with Crippen molar-refractivity contribution in [2.45, 2.75) is 18.9 Å². The van der Waals surface area contributed by atoms with E-state index in [1.54, 1.807) is 12.1 Å². The Bertz CT molecular complexity index is 472. The van der Waals surface area contributed by atoms with Gasteiger partial charge in [-0.05, 0) is 12.5 Å². The minimum absolute atomic E-state index is 0.0396. The van der Waals surface area contributed by atoms with Crippen LogP contribution in [0.2, 0.25) is 0 Å². The first-order valence-corrected chi connectivity index (χ1v) is 5.72. The highest BCUT2D eigenvalue weighted by atomic mass is 16.5. The number of benzene rings is 1. The van der Waals surface area contributed by atoms with Crippen LogP contribution in [0, 0.1) is 0 Å². The molecule has 0 amide bonds. The minimum atomic E-state index is -0.911. The lowest BCUT2D eigenvalue weighted by Crippen LogP contribution is -2.14. The second kappa shape index (κ2) is 6.75. The molecule has 1 rings (SSSR count). The van der Waals surface area contributed by atoms with Crippen molar-refractivity contribution in [2.24, 2.45) is 5.73 Å². The molecule has 6 nitrogen and oxygen atoms in total. The van der Waals surface area contributed by atoms with Crippen LogP contribution < -0.4 is 15.2 Å². The van der Waals surface area contributed by atoms with Crippen LogP contribution >= 0.6 is 0 Å². The molecule has 0 aliphatic rings. The predicted molar refractivity (Wildman–Crippen MR) is 68.7 cm³/mol. The molecule has 0 aliphatic carbocycles. The van der Waals surface area contributed by atoms with E-state index >= 15 is 0 Å². The molecule has 0 saturated heterocycles. The van der Waals surface area contributed by atoms with Gasteiger partial charge in [0.25, 0.3) is 0 Å². The number of aliphatic carboxylic acids is 1. The number of nitrogens with two attached hydrogens (primary N) is 1. The molecule has 3 N–H and O–H groups in total. The van der Waals surface area contributed by atoms with Crippen molar-refractivity contribution < 1.29 is 24.2 Å². The lowest BCUT2D eigenvalue weighted by atomic mass is 9.99. The second-order valence-corrected chi connectivity index (χ2v) is 3.97. The smallest absolute Gasteiger partial charge is 0.303 e. The summed E-state index contributed by atoms with van der Waals surface area (Å²) in [5, 5.41) is 8.66. The molecule has 0 aromatic heterocycles. The first-order chi connectivity index (χ1) is 9.04. The molecule has 1 unspecified atom stereocenters. The van der Waals surface area contributed by atoms with Crippen molar-refractivity contribution in [1.82, 2.24) is 0 Å². The molecule has 1 atom stereocenters. The summed E-state index contributed by atoms with van der Waals surface area (Å²) in [6, 6.07) is 2.72. The van der Waals surface area contributed by atoms with E-state index < -0.39 is 12.0 Å². The molecular weight excluding hydrogens is 250 g/mol. The van der Waals surface area contributed by atoms with Crippen molar-refractivity contribution in [3.05, 3.63) is 23.3 Å². The molecule has 1 aromatic carbocycles. The number of hydrogen-bond donors (Lipinski definition) is 2. The van der Waals surface area contributed by atoms with E-state index in [0.29, 0.717) is 28.9 Å². The van der Waals surface area contributed by atoms with Gasteiger partial charge in [-0.15, -0.1) is 0 Å². The number of carbonyl (C=O) groups is 2. The Hall–Kier alpha value is -2.08. The zero-order chi connectivity index (χ0) is 14.4. The quantitative estimate of drug-likeness (QED) is 0.724. The van der Waals surface area contributed by atoms with Crippen LogP contribution in [0.25, 0.3) is 0 Å². The molecule has 0 spiro atoms. The van der Waals surface area contributed by atoms with Crippen LogP contribution in [0.3, 0.4) is 0 Å². The Morgan fingerprint density at radius 3 is 2.47 bits per heavy atom. The SMILES string of the molecule is COc1c(C=O)ccc(C(N)CCC(=O)O)c1OC. The standard InChI is InChI=1S/C13H17NO5/c1-18-12-8(7-15)3-4-9(13(12)19-2)10(14)5-6-11(16)17/h3-4,7,10H,5-6,14H2,1-2H3,(H,16,17). The molecule has 1 aromatic rings. The van der Waals surface area contributed by atoms with E-state index in [9.17, 15) is 9.59 Å². The highest BCUT2D eigenvalue weighted by Crippen LogP contribution is 2.37. The first kappa shape index (κ1) is 15.0. The third-order valence-electron chi connectivity index (χ3n) is 2.78. The molecule has 0 saturated carbocycles. The maximum Gasteiger partial charge on any atom is 0.303 e. The Kier molecular flexibility index (Phi) is 5.32. The fraction of sp³-hybridized carbons (Fsp3) is 0.385. The molecule has 19 heavy (non-hydrogen) atoms. The number of methoxy groups -OCH3 is 2. The Balaban J connectivity index is 3.13. The summed E-state index contributed by atoms with van der Waals surface area (Å²) in [6.45, 7) is 0. The van der Waals surface area contributed by atoms with Gasteiger partial charge in [0, 0.05) is 18.0 Å². The Morgan fingerprint density at radius 1 is 1.37 bits per heavy atom. The van der Waals surface area contributed by atoms with Crippen LogP contribution in [0.1, 0.15) is 34.8 Å². The molecule has 104 valence electrons. The van der Waals surface area contributed by atoms with Crippen LogP contribution in [0.5, 0.6) is 11.5 Å². The van der Waals surface area contributed by atoms with Crippen LogP contribution in [0.4, 0.5) is 0 Å². The summed E-state index contributed by atoms with van der Waals surface area (Å²) in [5.41, 5.74) is 6.92. The number of rotatable bonds is 7. The number of aldehydes is 1. The van der Waals surface area contributed by atoms with Crippen molar-refractivity contribution in [3.63, 3.8) is 0 Å². The lowest BCUT2D eigenvalue weighted by molar-refractivity contribution is -0.137. The van der Waals surface area contributed by atoms with E-state index in [0.717, 1.165) is 0 Å². The normalized spacial score (nSPS) is 11.7. The van der Waals surface area contributed by atoms with Crippen molar-refractivity contribution >= 4 is 12.3 Å². The van der Waals surface area contributed by atoms with E-state index in [-0.39, 0.29) is 12.8 Å². The maximum absolute atomic E-state index is 10.9. The molecule has 0 fully saturated rings. The fourth-order valence-electron chi connectivity index (χ4n) is 1.83. The van der Waals surface area contributed by atoms with Crippen LogP contribution in [0.15, 0.2) is 12.1 Å². The van der Waals surface area contributed by atoms with Gasteiger partial charge in [0.1, 0.15) is 0 Å². The van der Waals surface area contributed by atoms with Crippen molar-refractivity contribution in [3.8, 4) is 11.5 Å². The van der Waals surface area contributed by atoms with Crippen LogP contribution in [-0.2, 0) is 4.79 Å². The summed E-state index contributed by atoms with van der Waals surface area (Å²) in [6.07, 6.45) is 0.894. The topological polar surface area (TPSA) is 98.9 Å². The minimum Gasteiger partial charge on any atom is -0.492 e. The highest BCUT2D eigenvalue weighted by molar-refractivity contribution is 5.82. The maximum atomic E-state index is 10.9. The van der Waals surface area contributed by atoms with E-state index in [1.807, 2.05) is 0 Å². The van der Waals surface area contributed by atoms with E-state index in [2.05, 4.69) is 0 Å². The number of ether oxygens (including phenoxy) is 2. The largest absolute Gasteiger partial charge is 0.492 e. The lowest BCUT2D eigenvalue weighted by Gasteiger charge is -2.18. The van der Waals surface area contributed by atoms with Crippen molar-refractivity contribution in [1.29, 1.82) is 0 Å². The van der Waals surface area contributed by atoms with Crippen LogP contribution in [-0.4, -0.2) is 31.6 Å². The van der Waals surface area contributed by atoms with Gasteiger partial charge in [0.05, 0.1) is 19.8 Å². The number of carboxylic acid groups (broad SMARTS) is 1. The molecule has 0 bridgehead atoms. The number of carbonyl (C=O) groups excluding carboxylic acids is 1. The highest BCUT2D eigenvalue weighted by Gasteiger charge is 2.19. The van der Waals surface area contributed by atoms with E-state index in [1.165, 1.54) is 14.2 Å². The second-order valence-electron chi connectivity index (χ2n) is 3.97. The Labute approximate surface area is 111 Å². The molecule has 0 heterocycles. The summed E-state index contributed by atoms with van der Waals surface area (Å²) in [7, 11) is 2.87. The van der Waals surface area contributed by atoms with Gasteiger partial charge in [0.15, 0.2) is 17.8 Å². The summed E-state index contributed by atoms with van der Waals surface area (Å²) < 4.78 is 10.4. The summed E-state index contributed by atoms with van der Waals surface area (Å²) in [5.74, 6) is -0.239. The van der Waals surface area contributed by atoms with Gasteiger partial charge < -0.3 is 20.3 Å². The molecule has 0 aliphatic heterocycles. The Morgan fingerprint density at radius 2 is 2.00 bits per heavy atom. The molecule has 0 radical (unpaired) electrons. The van der Waals surface area contributed by atoms with Gasteiger partial charge in [-0.3, -0.25) is 9.59 Å². The van der Waals surface area contributed by atoms with Gasteiger partial charge in [-0.25, -0.2) is 0 Å². The fourth-order valence-corrected chi connectivity index (χ4v) is 1.83. The zero-order valence-corrected chi connectivity index (χ0v) is 10.9. The van der Waals surface area contributed by atoms with Gasteiger partial charge in [-0.1, -0.05) is 6.07 Å². The zero-order valence-electron chi connectivity index (χ0n) is 10.9. The van der Waals surface area contributed by atoms with Crippen molar-refractivity contribution in [2.75, 3.05) is 14.2 Å². The number of carboxylic acids is 1. The number of hydrogen-bond acceptors (Lipinski definition) is 5. The van der Waals surface area contributed by atoms with Gasteiger partial charge in [0.2, 0.25) is 0 Å². The van der Waals surface area contributed by atoms with Gasteiger partial charge >= 0.3 is 5.97 Å². The van der Waals surface area contributed by atoms with E-state index in [4.69, 9.17) is 20.3 Å². The average molecular weight is 267 g/mol. The summed E-state index contributed by atoms with van der Waals surface area (Å²) in [4.78, 5) is 21.5. The monoisotopic (exact) mass is 267 g/mol. The summed E-state index contributed by atoms with van der Waals surface area (Å²) >= 11 is 0. The first-order valence-electron chi connectivity index (χ1n) is 5.72. The average Bonchev–Trinajstić information content (AvgIpc) is 2.42. The third kappa shape index (κ3) is 3.45. The molecule has 6 heteroatoms. The molecular formula is C13H17NO5.